The summed E-state index contributed by atoms with van der Waals surface area (Å²) in [5, 5.41) is 3.86. The van der Waals surface area contributed by atoms with Crippen molar-refractivity contribution in [2.75, 3.05) is 19.6 Å². The molecule has 0 aromatic rings. The molecule has 0 saturated carbocycles. The summed E-state index contributed by atoms with van der Waals surface area (Å²) < 4.78 is 0. The first-order valence-corrected chi connectivity index (χ1v) is 7.17. The molecule has 0 spiro atoms. The molecule has 16 heavy (non-hydrogen) atoms. The minimum absolute atomic E-state index is 0.474. The van der Waals surface area contributed by atoms with E-state index in [1.54, 1.807) is 0 Å². The van der Waals surface area contributed by atoms with Crippen LogP contribution in [0.1, 0.15) is 52.9 Å². The largest absolute Gasteiger partial charge is 0.311 e. The van der Waals surface area contributed by atoms with Crippen LogP contribution in [0.2, 0.25) is 0 Å². The van der Waals surface area contributed by atoms with Crippen LogP contribution in [0, 0.1) is 5.92 Å². The van der Waals surface area contributed by atoms with E-state index in [0.29, 0.717) is 5.54 Å². The van der Waals surface area contributed by atoms with Gasteiger partial charge in [0.2, 0.25) is 0 Å². The first-order valence-electron chi connectivity index (χ1n) is 7.17. The van der Waals surface area contributed by atoms with E-state index in [9.17, 15) is 0 Å². The lowest BCUT2D eigenvalue weighted by Gasteiger charge is -2.43. The highest BCUT2D eigenvalue weighted by molar-refractivity contribution is 4.99. The van der Waals surface area contributed by atoms with E-state index >= 15 is 0 Å². The quantitative estimate of drug-likeness (QED) is 0.793. The fourth-order valence-corrected chi connectivity index (χ4v) is 3.64. The molecule has 0 aromatic heterocycles. The summed E-state index contributed by atoms with van der Waals surface area (Å²) in [6.45, 7) is 10.9. The van der Waals surface area contributed by atoms with Gasteiger partial charge >= 0.3 is 0 Å². The van der Waals surface area contributed by atoms with Crippen LogP contribution in [-0.4, -0.2) is 36.1 Å². The molecule has 94 valence electrons. The van der Waals surface area contributed by atoms with Gasteiger partial charge in [0.05, 0.1) is 0 Å². The van der Waals surface area contributed by atoms with Gasteiger partial charge < -0.3 is 10.2 Å². The average molecular weight is 224 g/mol. The van der Waals surface area contributed by atoms with E-state index in [1.165, 1.54) is 51.7 Å². The third-order valence-corrected chi connectivity index (χ3v) is 4.89. The minimum atomic E-state index is 0.474. The SMILES string of the molecule is CCC1(C2CCN(C(C)C)C2)CCCCN1. The van der Waals surface area contributed by atoms with Crippen molar-refractivity contribution in [1.82, 2.24) is 10.2 Å². The summed E-state index contributed by atoms with van der Waals surface area (Å²) in [7, 11) is 0. The van der Waals surface area contributed by atoms with Crippen LogP contribution in [0.3, 0.4) is 0 Å². The summed E-state index contributed by atoms with van der Waals surface area (Å²) in [4.78, 5) is 2.65. The van der Waals surface area contributed by atoms with Gasteiger partial charge in [-0.2, -0.15) is 0 Å². The highest BCUT2D eigenvalue weighted by Crippen LogP contribution is 2.36. The normalized spacial score (nSPS) is 37.1. The number of rotatable bonds is 3. The molecule has 0 aromatic carbocycles. The van der Waals surface area contributed by atoms with Gasteiger partial charge in [-0.25, -0.2) is 0 Å². The van der Waals surface area contributed by atoms with Crippen molar-refractivity contribution >= 4 is 0 Å². The molecule has 0 radical (unpaired) electrons. The number of piperidine rings is 1. The van der Waals surface area contributed by atoms with Crippen LogP contribution in [0.5, 0.6) is 0 Å². The Hall–Kier alpha value is -0.0800. The van der Waals surface area contributed by atoms with Gasteiger partial charge in [0.25, 0.3) is 0 Å². The Labute approximate surface area is 101 Å². The number of nitrogens with one attached hydrogen (secondary N) is 1. The van der Waals surface area contributed by atoms with Crippen molar-refractivity contribution < 1.29 is 0 Å². The number of nitrogens with zero attached hydrogens (tertiary/aromatic N) is 1. The van der Waals surface area contributed by atoms with E-state index in [1.807, 2.05) is 0 Å². The summed E-state index contributed by atoms with van der Waals surface area (Å²) in [5.74, 6) is 0.889. The van der Waals surface area contributed by atoms with Crippen LogP contribution < -0.4 is 5.32 Å². The second-order valence-electron chi connectivity index (χ2n) is 5.97. The molecule has 2 heteroatoms. The summed E-state index contributed by atoms with van der Waals surface area (Å²) in [5.41, 5.74) is 0.474. The van der Waals surface area contributed by atoms with Crippen LogP contribution in [0.15, 0.2) is 0 Å². The predicted octanol–water partition coefficient (Wildman–Crippen LogP) is 2.64. The van der Waals surface area contributed by atoms with Crippen molar-refractivity contribution in [2.45, 2.75) is 64.5 Å². The van der Waals surface area contributed by atoms with Crippen LogP contribution in [0.25, 0.3) is 0 Å². The monoisotopic (exact) mass is 224 g/mol. The first-order chi connectivity index (χ1) is 7.68. The molecule has 2 atom stereocenters. The first kappa shape index (κ1) is 12.4. The number of hydrogen-bond acceptors (Lipinski definition) is 2. The van der Waals surface area contributed by atoms with Gasteiger partial charge in [-0.1, -0.05) is 13.3 Å². The number of hydrogen-bond donors (Lipinski definition) is 1. The van der Waals surface area contributed by atoms with E-state index in [2.05, 4.69) is 31.0 Å². The molecule has 1 N–H and O–H groups in total. The van der Waals surface area contributed by atoms with Gasteiger partial charge in [0.15, 0.2) is 0 Å². The fraction of sp³-hybridized carbons (Fsp3) is 1.00. The lowest BCUT2D eigenvalue weighted by molar-refractivity contribution is 0.148. The Bertz CT molecular complexity index is 219. The van der Waals surface area contributed by atoms with Crippen molar-refractivity contribution in [3.63, 3.8) is 0 Å². The Morgan fingerprint density at radius 2 is 2.19 bits per heavy atom. The molecule has 2 heterocycles. The zero-order valence-electron chi connectivity index (χ0n) is 11.3. The Morgan fingerprint density at radius 3 is 2.69 bits per heavy atom. The summed E-state index contributed by atoms with van der Waals surface area (Å²) in [6.07, 6.45) is 6.92. The van der Waals surface area contributed by atoms with Gasteiger partial charge in [0.1, 0.15) is 0 Å². The molecule has 2 fully saturated rings. The van der Waals surface area contributed by atoms with Crippen molar-refractivity contribution in [2.24, 2.45) is 5.92 Å². The average Bonchev–Trinajstić information content (AvgIpc) is 2.80. The van der Waals surface area contributed by atoms with Gasteiger partial charge in [-0.05, 0) is 58.5 Å². The highest BCUT2D eigenvalue weighted by atomic mass is 15.2. The predicted molar refractivity (Wildman–Crippen MR) is 69.7 cm³/mol. The molecule has 0 bridgehead atoms. The van der Waals surface area contributed by atoms with Crippen molar-refractivity contribution in [1.29, 1.82) is 0 Å². The smallest absolute Gasteiger partial charge is 0.0219 e. The van der Waals surface area contributed by atoms with E-state index in [4.69, 9.17) is 0 Å². The molecule has 2 unspecified atom stereocenters. The van der Waals surface area contributed by atoms with Gasteiger partial charge in [-0.15, -0.1) is 0 Å². The van der Waals surface area contributed by atoms with Crippen LogP contribution >= 0.6 is 0 Å². The summed E-state index contributed by atoms with van der Waals surface area (Å²) >= 11 is 0. The third kappa shape index (κ3) is 2.28. The van der Waals surface area contributed by atoms with Crippen molar-refractivity contribution in [3.05, 3.63) is 0 Å². The standard InChI is InChI=1S/C14H28N2/c1-4-14(8-5-6-9-15-14)13-7-10-16(11-13)12(2)3/h12-13,15H,4-11H2,1-3H3. The molecule has 0 aliphatic carbocycles. The van der Waals surface area contributed by atoms with E-state index in [-0.39, 0.29) is 0 Å². The van der Waals surface area contributed by atoms with Crippen LogP contribution in [-0.2, 0) is 0 Å². The molecular weight excluding hydrogens is 196 g/mol. The molecule has 2 aliphatic heterocycles. The lowest BCUT2D eigenvalue weighted by Crippen LogP contribution is -2.54. The molecular formula is C14H28N2. The van der Waals surface area contributed by atoms with Gasteiger partial charge in [-0.3, -0.25) is 0 Å². The molecule has 2 nitrogen and oxygen atoms in total. The maximum Gasteiger partial charge on any atom is 0.0219 e. The lowest BCUT2D eigenvalue weighted by atomic mass is 9.75. The van der Waals surface area contributed by atoms with Crippen LogP contribution in [0.4, 0.5) is 0 Å². The second kappa shape index (κ2) is 5.05. The number of likely N-dealkylation sites (tertiary alicyclic amines) is 1. The second-order valence-corrected chi connectivity index (χ2v) is 5.97. The molecule has 2 rings (SSSR count). The maximum atomic E-state index is 3.86. The topological polar surface area (TPSA) is 15.3 Å². The Morgan fingerprint density at radius 1 is 1.38 bits per heavy atom. The molecule has 2 aliphatic rings. The van der Waals surface area contributed by atoms with E-state index < -0.39 is 0 Å². The highest BCUT2D eigenvalue weighted by Gasteiger charge is 2.41. The molecule has 2 saturated heterocycles. The fourth-order valence-electron chi connectivity index (χ4n) is 3.64. The zero-order valence-corrected chi connectivity index (χ0v) is 11.3. The maximum absolute atomic E-state index is 3.86. The molecule has 0 amide bonds. The third-order valence-electron chi connectivity index (χ3n) is 4.89. The van der Waals surface area contributed by atoms with E-state index in [0.717, 1.165) is 12.0 Å². The summed E-state index contributed by atoms with van der Waals surface area (Å²) in [6, 6.07) is 0.725. The zero-order chi connectivity index (χ0) is 11.6. The van der Waals surface area contributed by atoms with Gasteiger partial charge in [0, 0.05) is 18.1 Å². The Kier molecular flexibility index (Phi) is 3.91. The Balaban J connectivity index is 2.00. The van der Waals surface area contributed by atoms with Crippen molar-refractivity contribution in [3.8, 4) is 0 Å². The minimum Gasteiger partial charge on any atom is -0.311 e.